The second-order valence-electron chi connectivity index (χ2n) is 7.08. The highest BCUT2D eigenvalue weighted by molar-refractivity contribution is 6.07. The highest BCUT2D eigenvalue weighted by Gasteiger charge is 2.47. The van der Waals surface area contributed by atoms with Gasteiger partial charge in [-0.3, -0.25) is 19.8 Å². The molecule has 158 valence electrons. The lowest BCUT2D eigenvalue weighted by Crippen LogP contribution is -2.49. The predicted molar refractivity (Wildman–Crippen MR) is 106 cm³/mol. The fraction of sp³-hybridized carbons (Fsp3) is 0.333. The Balaban J connectivity index is 1.43. The Bertz CT molecular complexity index is 955. The van der Waals surface area contributed by atoms with Crippen molar-refractivity contribution >= 4 is 23.8 Å². The number of esters is 1. The molecule has 2 N–H and O–H groups in total. The Morgan fingerprint density at radius 3 is 2.57 bits per heavy atom. The van der Waals surface area contributed by atoms with Crippen molar-refractivity contribution in [2.75, 3.05) is 6.61 Å². The number of nitrogens with one attached hydrogen (secondary N) is 2. The van der Waals surface area contributed by atoms with Crippen molar-refractivity contribution in [1.29, 1.82) is 0 Å². The highest BCUT2D eigenvalue weighted by atomic mass is 16.5. The molecule has 2 aromatic rings. The van der Waals surface area contributed by atoms with Gasteiger partial charge in [-0.15, -0.1) is 0 Å². The number of furan rings is 1. The van der Waals surface area contributed by atoms with Crippen molar-refractivity contribution in [3.05, 3.63) is 48.2 Å². The number of carbonyl (C=O) groups is 4. The lowest BCUT2D eigenvalue weighted by atomic mass is 10.00. The van der Waals surface area contributed by atoms with Crippen LogP contribution in [0.25, 0.3) is 11.3 Å². The SMILES string of the molecule is CCC1(C)NC(=O)N(NC(=O)COC(=O)CCc2ccc(-c3ccccc3)o2)C1=O. The van der Waals surface area contributed by atoms with Crippen molar-refractivity contribution in [3.63, 3.8) is 0 Å². The summed E-state index contributed by atoms with van der Waals surface area (Å²) in [5, 5.41) is 3.11. The molecule has 1 aromatic heterocycles. The Kier molecular flexibility index (Phi) is 6.20. The molecule has 1 aliphatic rings. The molecule has 1 atom stereocenters. The van der Waals surface area contributed by atoms with Crippen molar-refractivity contribution in [3.8, 4) is 11.3 Å². The molecule has 1 saturated heterocycles. The minimum atomic E-state index is -1.07. The molecule has 0 aliphatic carbocycles. The maximum atomic E-state index is 12.2. The summed E-state index contributed by atoms with van der Waals surface area (Å²) in [6.07, 6.45) is 0.707. The lowest BCUT2D eigenvalue weighted by molar-refractivity contribution is -0.150. The molecule has 1 aliphatic heterocycles. The smallest absolute Gasteiger partial charge is 0.344 e. The first-order chi connectivity index (χ1) is 14.3. The predicted octanol–water partition coefficient (Wildman–Crippen LogP) is 2.17. The van der Waals surface area contributed by atoms with E-state index in [0.717, 1.165) is 5.56 Å². The van der Waals surface area contributed by atoms with Gasteiger partial charge >= 0.3 is 12.0 Å². The Morgan fingerprint density at radius 1 is 1.17 bits per heavy atom. The maximum Gasteiger partial charge on any atom is 0.344 e. The molecule has 0 saturated carbocycles. The number of ether oxygens (including phenoxy) is 1. The van der Waals surface area contributed by atoms with Gasteiger partial charge in [-0.25, -0.2) is 4.79 Å². The summed E-state index contributed by atoms with van der Waals surface area (Å²) < 4.78 is 10.6. The van der Waals surface area contributed by atoms with E-state index in [1.807, 2.05) is 36.4 Å². The van der Waals surface area contributed by atoms with E-state index in [-0.39, 0.29) is 6.42 Å². The number of imide groups is 1. The summed E-state index contributed by atoms with van der Waals surface area (Å²) in [7, 11) is 0. The molecule has 9 heteroatoms. The molecule has 0 spiro atoms. The number of benzene rings is 1. The lowest BCUT2D eigenvalue weighted by Gasteiger charge is -2.19. The van der Waals surface area contributed by atoms with E-state index in [1.54, 1.807) is 19.9 Å². The summed E-state index contributed by atoms with van der Waals surface area (Å²) in [6, 6.07) is 12.4. The average molecular weight is 413 g/mol. The second kappa shape index (κ2) is 8.81. The van der Waals surface area contributed by atoms with Crippen molar-refractivity contribution < 1.29 is 28.3 Å². The number of hydrogen-bond donors (Lipinski definition) is 2. The topological polar surface area (TPSA) is 118 Å². The van der Waals surface area contributed by atoms with Gasteiger partial charge < -0.3 is 14.5 Å². The Hall–Kier alpha value is -3.62. The molecular weight excluding hydrogens is 390 g/mol. The van der Waals surface area contributed by atoms with E-state index in [4.69, 9.17) is 9.15 Å². The molecule has 2 heterocycles. The minimum Gasteiger partial charge on any atom is -0.461 e. The van der Waals surface area contributed by atoms with Gasteiger partial charge in [0.05, 0.1) is 6.42 Å². The molecular formula is C21H23N3O6. The number of rotatable bonds is 8. The summed E-state index contributed by atoms with van der Waals surface area (Å²) in [5.41, 5.74) is 2.02. The third-order valence-electron chi connectivity index (χ3n) is 4.86. The van der Waals surface area contributed by atoms with Gasteiger partial charge in [0.15, 0.2) is 6.61 Å². The first-order valence-electron chi connectivity index (χ1n) is 9.58. The molecule has 0 bridgehead atoms. The van der Waals surface area contributed by atoms with E-state index in [1.165, 1.54) is 0 Å². The summed E-state index contributed by atoms with van der Waals surface area (Å²) in [6.45, 7) is 2.70. The van der Waals surface area contributed by atoms with Crippen LogP contribution in [-0.4, -0.2) is 41.0 Å². The van der Waals surface area contributed by atoms with E-state index < -0.39 is 36.0 Å². The maximum absolute atomic E-state index is 12.2. The Labute approximate surface area is 173 Å². The van der Waals surface area contributed by atoms with E-state index in [9.17, 15) is 19.2 Å². The average Bonchev–Trinajstić information content (AvgIpc) is 3.30. The normalized spacial score (nSPS) is 18.3. The number of nitrogens with zero attached hydrogens (tertiary/aromatic N) is 1. The van der Waals surface area contributed by atoms with E-state index >= 15 is 0 Å². The quantitative estimate of drug-likeness (QED) is 0.506. The third-order valence-corrected chi connectivity index (χ3v) is 4.86. The van der Waals surface area contributed by atoms with Gasteiger partial charge in [0.1, 0.15) is 17.1 Å². The summed E-state index contributed by atoms with van der Waals surface area (Å²) >= 11 is 0. The molecule has 3 rings (SSSR count). The van der Waals surface area contributed by atoms with Gasteiger partial charge in [0, 0.05) is 12.0 Å². The van der Waals surface area contributed by atoms with Gasteiger partial charge in [-0.2, -0.15) is 5.01 Å². The van der Waals surface area contributed by atoms with Gasteiger partial charge in [0.2, 0.25) is 0 Å². The monoisotopic (exact) mass is 413 g/mol. The van der Waals surface area contributed by atoms with E-state index in [2.05, 4.69) is 10.7 Å². The largest absolute Gasteiger partial charge is 0.461 e. The van der Waals surface area contributed by atoms with Crippen LogP contribution in [0.3, 0.4) is 0 Å². The number of hydrazine groups is 1. The van der Waals surface area contributed by atoms with Crippen molar-refractivity contribution in [2.45, 2.75) is 38.6 Å². The molecule has 30 heavy (non-hydrogen) atoms. The van der Waals surface area contributed by atoms with Crippen molar-refractivity contribution in [2.24, 2.45) is 0 Å². The number of hydrogen-bond acceptors (Lipinski definition) is 6. The summed E-state index contributed by atoms with van der Waals surface area (Å²) in [4.78, 5) is 47.9. The number of urea groups is 1. The van der Waals surface area contributed by atoms with E-state index in [0.29, 0.717) is 29.4 Å². The van der Waals surface area contributed by atoms with Crippen LogP contribution in [0.1, 0.15) is 32.4 Å². The number of aryl methyl sites for hydroxylation is 1. The second-order valence-corrected chi connectivity index (χ2v) is 7.08. The zero-order chi connectivity index (χ0) is 21.7. The molecule has 1 aromatic carbocycles. The van der Waals surface area contributed by atoms with Crippen LogP contribution in [0, 0.1) is 0 Å². The third kappa shape index (κ3) is 4.68. The fourth-order valence-electron chi connectivity index (χ4n) is 2.90. The zero-order valence-corrected chi connectivity index (χ0v) is 16.8. The minimum absolute atomic E-state index is 0.0199. The van der Waals surface area contributed by atoms with Crippen molar-refractivity contribution in [1.82, 2.24) is 15.8 Å². The van der Waals surface area contributed by atoms with Gasteiger partial charge in [-0.05, 0) is 25.5 Å². The summed E-state index contributed by atoms with van der Waals surface area (Å²) in [5.74, 6) is -0.629. The van der Waals surface area contributed by atoms with Crippen LogP contribution >= 0.6 is 0 Å². The molecule has 1 unspecified atom stereocenters. The number of carbonyl (C=O) groups excluding carboxylic acids is 4. The van der Waals surface area contributed by atoms with Gasteiger partial charge in [0.25, 0.3) is 11.8 Å². The first-order valence-corrected chi connectivity index (χ1v) is 9.58. The van der Waals surface area contributed by atoms with Gasteiger partial charge in [-0.1, -0.05) is 37.3 Å². The molecule has 9 nitrogen and oxygen atoms in total. The standard InChI is InChI=1S/C21H23N3O6/c1-3-21(2)19(27)24(20(28)22-21)23-17(25)13-29-18(26)12-10-15-9-11-16(30-15)14-7-5-4-6-8-14/h4-9,11H,3,10,12-13H2,1-2H3,(H,22,28)(H,23,25). The highest BCUT2D eigenvalue weighted by Crippen LogP contribution is 2.22. The van der Waals surface area contributed by atoms with Crippen LogP contribution in [0.4, 0.5) is 4.79 Å². The number of amides is 4. The van der Waals surface area contributed by atoms with Crippen LogP contribution in [0.5, 0.6) is 0 Å². The molecule has 1 fully saturated rings. The Morgan fingerprint density at radius 2 is 1.90 bits per heavy atom. The first kappa shape index (κ1) is 21.1. The molecule has 0 radical (unpaired) electrons. The van der Waals surface area contributed by atoms with Crippen LogP contribution in [-0.2, 0) is 25.5 Å². The zero-order valence-electron chi connectivity index (χ0n) is 16.8. The van der Waals surface area contributed by atoms with Crippen LogP contribution in [0.15, 0.2) is 46.9 Å². The van der Waals surface area contributed by atoms with Crippen LogP contribution in [0.2, 0.25) is 0 Å². The van der Waals surface area contributed by atoms with Crippen LogP contribution < -0.4 is 10.7 Å². The molecule has 4 amide bonds. The fourth-order valence-corrected chi connectivity index (χ4v) is 2.90.